The molecule has 0 N–H and O–H groups in total. The Morgan fingerprint density at radius 2 is 1.50 bits per heavy atom. The molecule has 82 valence electrons. The summed E-state index contributed by atoms with van der Waals surface area (Å²) in [6.45, 7) is 6.26. The predicted octanol–water partition coefficient (Wildman–Crippen LogP) is 4.40. The Morgan fingerprint density at radius 3 is 2.19 bits per heavy atom. The summed E-state index contributed by atoms with van der Waals surface area (Å²) in [7, 11) is 0. The Balaban J connectivity index is 2.24. The van der Waals surface area contributed by atoms with Crippen LogP contribution in [0.2, 0.25) is 0 Å². The van der Waals surface area contributed by atoms with Crippen LogP contribution in [0.5, 0.6) is 11.5 Å². The van der Waals surface area contributed by atoms with Crippen LogP contribution in [0.3, 0.4) is 0 Å². The highest BCUT2D eigenvalue weighted by Gasteiger charge is 1.99. The maximum absolute atomic E-state index is 5.80. The first kappa shape index (κ1) is 10.7. The van der Waals surface area contributed by atoms with Crippen molar-refractivity contribution in [3.05, 3.63) is 59.2 Å². The van der Waals surface area contributed by atoms with E-state index in [2.05, 4.69) is 39.0 Å². The lowest BCUT2D eigenvalue weighted by atomic mass is 10.1. The van der Waals surface area contributed by atoms with E-state index in [-0.39, 0.29) is 0 Å². The molecule has 0 aromatic heterocycles. The van der Waals surface area contributed by atoms with Crippen molar-refractivity contribution in [1.82, 2.24) is 0 Å². The standard InChI is InChI=1S/C15H16O/c1-11-5-4-6-14(9-11)16-15-8-7-12(2)13(3)10-15/h4-10H,1-3H3. The van der Waals surface area contributed by atoms with E-state index in [9.17, 15) is 0 Å². The van der Waals surface area contributed by atoms with E-state index >= 15 is 0 Å². The zero-order chi connectivity index (χ0) is 11.5. The fourth-order valence-electron chi connectivity index (χ4n) is 1.59. The van der Waals surface area contributed by atoms with E-state index < -0.39 is 0 Å². The maximum Gasteiger partial charge on any atom is 0.127 e. The Hall–Kier alpha value is -1.76. The van der Waals surface area contributed by atoms with Crippen molar-refractivity contribution in [1.29, 1.82) is 0 Å². The first-order valence-corrected chi connectivity index (χ1v) is 5.47. The van der Waals surface area contributed by atoms with Gasteiger partial charge < -0.3 is 4.74 Å². The van der Waals surface area contributed by atoms with Crippen LogP contribution in [0.15, 0.2) is 42.5 Å². The molecule has 16 heavy (non-hydrogen) atoms. The minimum absolute atomic E-state index is 0.892. The Kier molecular flexibility index (Phi) is 2.95. The average Bonchev–Trinajstić information content (AvgIpc) is 2.24. The number of hydrogen-bond acceptors (Lipinski definition) is 1. The van der Waals surface area contributed by atoms with Crippen LogP contribution < -0.4 is 4.74 Å². The molecule has 0 aliphatic carbocycles. The molecule has 0 unspecified atom stereocenters. The molecule has 0 amide bonds. The number of ether oxygens (including phenoxy) is 1. The van der Waals surface area contributed by atoms with Gasteiger partial charge in [-0.25, -0.2) is 0 Å². The summed E-state index contributed by atoms with van der Waals surface area (Å²) in [6, 6.07) is 14.2. The zero-order valence-corrected chi connectivity index (χ0v) is 9.95. The van der Waals surface area contributed by atoms with E-state index in [1.807, 2.05) is 24.3 Å². The Labute approximate surface area is 96.7 Å². The van der Waals surface area contributed by atoms with Crippen molar-refractivity contribution in [2.45, 2.75) is 20.8 Å². The highest BCUT2D eigenvalue weighted by Crippen LogP contribution is 2.24. The lowest BCUT2D eigenvalue weighted by Gasteiger charge is -2.08. The largest absolute Gasteiger partial charge is 0.457 e. The van der Waals surface area contributed by atoms with Gasteiger partial charge in [-0.15, -0.1) is 0 Å². The fraction of sp³-hybridized carbons (Fsp3) is 0.200. The van der Waals surface area contributed by atoms with Gasteiger partial charge >= 0.3 is 0 Å². The minimum Gasteiger partial charge on any atom is -0.457 e. The summed E-state index contributed by atoms with van der Waals surface area (Å²) in [6.07, 6.45) is 0. The first-order chi connectivity index (χ1) is 7.65. The van der Waals surface area contributed by atoms with Crippen LogP contribution in [0, 0.1) is 20.8 Å². The quantitative estimate of drug-likeness (QED) is 0.716. The summed E-state index contributed by atoms with van der Waals surface area (Å²) in [5.41, 5.74) is 3.75. The number of rotatable bonds is 2. The highest BCUT2D eigenvalue weighted by molar-refractivity contribution is 5.38. The second kappa shape index (κ2) is 4.40. The van der Waals surface area contributed by atoms with Crippen LogP contribution in [0.25, 0.3) is 0 Å². The number of hydrogen-bond donors (Lipinski definition) is 0. The molecule has 0 aliphatic heterocycles. The first-order valence-electron chi connectivity index (χ1n) is 5.47. The third kappa shape index (κ3) is 2.43. The van der Waals surface area contributed by atoms with Gasteiger partial charge in [0.05, 0.1) is 0 Å². The van der Waals surface area contributed by atoms with E-state index in [4.69, 9.17) is 4.74 Å². The van der Waals surface area contributed by atoms with Crippen molar-refractivity contribution in [3.63, 3.8) is 0 Å². The van der Waals surface area contributed by atoms with Crippen LogP contribution in [0.1, 0.15) is 16.7 Å². The van der Waals surface area contributed by atoms with Crippen molar-refractivity contribution < 1.29 is 4.74 Å². The Bertz CT molecular complexity index is 501. The molecule has 0 saturated heterocycles. The zero-order valence-electron chi connectivity index (χ0n) is 9.95. The van der Waals surface area contributed by atoms with E-state index in [0.29, 0.717) is 0 Å². The second-order valence-electron chi connectivity index (χ2n) is 4.16. The molecule has 0 spiro atoms. The van der Waals surface area contributed by atoms with Crippen molar-refractivity contribution >= 4 is 0 Å². The van der Waals surface area contributed by atoms with Crippen molar-refractivity contribution in [2.75, 3.05) is 0 Å². The molecule has 0 atom stereocenters. The van der Waals surface area contributed by atoms with Gasteiger partial charge in [0.25, 0.3) is 0 Å². The van der Waals surface area contributed by atoms with Crippen molar-refractivity contribution in [2.24, 2.45) is 0 Å². The van der Waals surface area contributed by atoms with Crippen LogP contribution >= 0.6 is 0 Å². The van der Waals surface area contributed by atoms with Crippen molar-refractivity contribution in [3.8, 4) is 11.5 Å². The van der Waals surface area contributed by atoms with Gasteiger partial charge in [0.2, 0.25) is 0 Å². The minimum atomic E-state index is 0.892. The molecule has 2 aromatic carbocycles. The molecule has 0 bridgehead atoms. The van der Waals surface area contributed by atoms with Crippen LogP contribution in [0.4, 0.5) is 0 Å². The van der Waals surface area contributed by atoms with Gasteiger partial charge in [-0.2, -0.15) is 0 Å². The van der Waals surface area contributed by atoms with Gasteiger partial charge in [0.1, 0.15) is 11.5 Å². The molecule has 0 aliphatic rings. The molecular formula is C15H16O. The number of benzene rings is 2. The van der Waals surface area contributed by atoms with Gasteiger partial charge in [0.15, 0.2) is 0 Å². The van der Waals surface area contributed by atoms with Gasteiger partial charge in [0, 0.05) is 0 Å². The summed E-state index contributed by atoms with van der Waals surface area (Å²) in [5.74, 6) is 1.79. The molecule has 0 fully saturated rings. The van der Waals surface area contributed by atoms with Gasteiger partial charge in [-0.3, -0.25) is 0 Å². The second-order valence-corrected chi connectivity index (χ2v) is 4.16. The lowest BCUT2D eigenvalue weighted by molar-refractivity contribution is 0.481. The SMILES string of the molecule is Cc1cccc(Oc2ccc(C)c(C)c2)c1. The third-order valence-electron chi connectivity index (χ3n) is 2.70. The molecule has 0 saturated carbocycles. The summed E-state index contributed by atoms with van der Waals surface area (Å²) in [5, 5.41) is 0. The third-order valence-corrected chi connectivity index (χ3v) is 2.70. The molecule has 1 nitrogen and oxygen atoms in total. The van der Waals surface area contributed by atoms with E-state index in [1.54, 1.807) is 0 Å². The predicted molar refractivity (Wildman–Crippen MR) is 67.2 cm³/mol. The molecule has 2 aromatic rings. The maximum atomic E-state index is 5.80. The highest BCUT2D eigenvalue weighted by atomic mass is 16.5. The Morgan fingerprint density at radius 1 is 0.750 bits per heavy atom. The fourth-order valence-corrected chi connectivity index (χ4v) is 1.59. The van der Waals surface area contributed by atoms with Gasteiger partial charge in [-0.05, 0) is 61.7 Å². The molecule has 2 rings (SSSR count). The molecule has 1 heteroatoms. The smallest absolute Gasteiger partial charge is 0.127 e. The topological polar surface area (TPSA) is 9.23 Å². The van der Waals surface area contributed by atoms with Gasteiger partial charge in [-0.1, -0.05) is 18.2 Å². The average molecular weight is 212 g/mol. The number of aryl methyl sites for hydroxylation is 3. The summed E-state index contributed by atoms with van der Waals surface area (Å²) < 4.78 is 5.80. The molecule has 0 radical (unpaired) electrons. The summed E-state index contributed by atoms with van der Waals surface area (Å²) in [4.78, 5) is 0. The summed E-state index contributed by atoms with van der Waals surface area (Å²) >= 11 is 0. The van der Waals surface area contributed by atoms with E-state index in [1.165, 1.54) is 16.7 Å². The molecular weight excluding hydrogens is 196 g/mol. The van der Waals surface area contributed by atoms with Crippen LogP contribution in [-0.4, -0.2) is 0 Å². The van der Waals surface area contributed by atoms with Crippen LogP contribution in [-0.2, 0) is 0 Å². The normalized spacial score (nSPS) is 10.2. The monoisotopic (exact) mass is 212 g/mol. The lowest BCUT2D eigenvalue weighted by Crippen LogP contribution is -1.87. The molecule has 0 heterocycles. The van der Waals surface area contributed by atoms with E-state index in [0.717, 1.165) is 11.5 Å².